The minimum Gasteiger partial charge on any atom is -0.334 e. The number of benzene rings is 4. The highest BCUT2D eigenvalue weighted by Crippen LogP contribution is 2.42. The van der Waals surface area contributed by atoms with E-state index in [2.05, 4.69) is 106 Å². The minimum absolute atomic E-state index is 0.241. The minimum atomic E-state index is -0.717. The molecule has 0 spiro atoms. The Labute approximate surface area is 249 Å². The molecule has 0 aliphatic heterocycles. The molecule has 0 fully saturated rings. The van der Waals surface area contributed by atoms with Crippen molar-refractivity contribution in [2.24, 2.45) is 0 Å². The smallest absolute Gasteiger partial charge is 0.269 e. The first-order valence-corrected chi connectivity index (χ1v) is 14.1. The number of aromatic nitrogens is 4. The number of nitrogens with zero attached hydrogens (tertiary/aromatic N) is 4. The molecule has 0 aliphatic rings. The summed E-state index contributed by atoms with van der Waals surface area (Å²) >= 11 is 0. The standard InChI is InChI=1S/C34H31N7O2/c1-2-31(41-30-19-18-25(22-26(30)23-37-41)32(43)39-36-24-42)38-33-35-20-21-40(33)34(27-12-6-3-7-13-27,28-14-8-4-9-15-28)29-16-10-5-11-17-29/h3-24,31H,2H2,1H3,(H,35,38)(H,36,42)(H,39,43). The molecule has 3 N–H and O–H groups in total. The van der Waals surface area contributed by atoms with E-state index in [0.29, 0.717) is 24.3 Å². The topological polar surface area (TPSA) is 106 Å². The lowest BCUT2D eigenvalue weighted by molar-refractivity contribution is -0.110. The zero-order valence-corrected chi connectivity index (χ0v) is 23.6. The van der Waals surface area contributed by atoms with Crippen molar-refractivity contribution in [3.05, 3.63) is 150 Å². The van der Waals surface area contributed by atoms with E-state index in [1.165, 1.54) is 0 Å². The second kappa shape index (κ2) is 12.0. The summed E-state index contributed by atoms with van der Waals surface area (Å²) in [6.45, 7) is 2.09. The quantitative estimate of drug-likeness (QED) is 0.109. The van der Waals surface area contributed by atoms with Gasteiger partial charge in [-0.05, 0) is 41.3 Å². The van der Waals surface area contributed by atoms with E-state index in [1.807, 2.05) is 41.3 Å². The first-order valence-electron chi connectivity index (χ1n) is 14.1. The van der Waals surface area contributed by atoms with Crippen molar-refractivity contribution in [2.75, 3.05) is 5.32 Å². The van der Waals surface area contributed by atoms with Gasteiger partial charge in [-0.15, -0.1) is 0 Å². The number of amides is 2. The van der Waals surface area contributed by atoms with E-state index >= 15 is 0 Å². The number of rotatable bonds is 11. The van der Waals surface area contributed by atoms with Crippen molar-refractivity contribution in [2.45, 2.75) is 25.0 Å². The SMILES string of the molecule is CCC(Nc1nccn1C(c1ccccc1)(c1ccccc1)c1ccccc1)n1ncc2cc(C(=O)NNC=O)ccc21. The summed E-state index contributed by atoms with van der Waals surface area (Å²) in [5.41, 5.74) is 8.37. The molecule has 6 rings (SSSR count). The summed E-state index contributed by atoms with van der Waals surface area (Å²) in [6, 6.07) is 36.7. The second-order valence-corrected chi connectivity index (χ2v) is 10.1. The number of fused-ring (bicyclic) bond motifs is 1. The number of carbonyl (C=O) groups is 2. The highest BCUT2D eigenvalue weighted by Gasteiger charge is 2.40. The molecule has 9 nitrogen and oxygen atoms in total. The van der Waals surface area contributed by atoms with Crippen LogP contribution in [0.15, 0.2) is 128 Å². The average molecular weight is 570 g/mol. The molecule has 214 valence electrons. The molecule has 4 aromatic carbocycles. The highest BCUT2D eigenvalue weighted by molar-refractivity contribution is 5.98. The maximum atomic E-state index is 12.4. The van der Waals surface area contributed by atoms with Gasteiger partial charge < -0.3 is 5.32 Å². The Morgan fingerprint density at radius 3 is 2.05 bits per heavy atom. The number of carbonyl (C=O) groups excluding carboxylic acids is 2. The average Bonchev–Trinajstić information content (AvgIpc) is 3.71. The fraction of sp³-hybridized carbons (Fsp3) is 0.118. The fourth-order valence-electron chi connectivity index (χ4n) is 5.73. The van der Waals surface area contributed by atoms with Crippen LogP contribution in [0, 0.1) is 0 Å². The highest BCUT2D eigenvalue weighted by atomic mass is 16.2. The second-order valence-electron chi connectivity index (χ2n) is 10.1. The largest absolute Gasteiger partial charge is 0.334 e. The van der Waals surface area contributed by atoms with Crippen LogP contribution in [0.3, 0.4) is 0 Å². The molecular formula is C34H31N7O2. The molecule has 0 bridgehead atoms. The Morgan fingerprint density at radius 1 is 0.884 bits per heavy atom. The van der Waals surface area contributed by atoms with E-state index in [9.17, 15) is 9.59 Å². The van der Waals surface area contributed by atoms with Crippen LogP contribution < -0.4 is 16.2 Å². The molecule has 6 aromatic rings. The third kappa shape index (κ3) is 5.01. The molecule has 0 aliphatic carbocycles. The van der Waals surface area contributed by atoms with Gasteiger partial charge in [-0.25, -0.2) is 9.67 Å². The van der Waals surface area contributed by atoms with Crippen LogP contribution in [0.4, 0.5) is 5.95 Å². The van der Waals surface area contributed by atoms with Crippen molar-refractivity contribution in [1.29, 1.82) is 0 Å². The maximum Gasteiger partial charge on any atom is 0.269 e. The van der Waals surface area contributed by atoms with Crippen LogP contribution in [0.5, 0.6) is 0 Å². The van der Waals surface area contributed by atoms with Crippen LogP contribution in [-0.4, -0.2) is 31.6 Å². The van der Waals surface area contributed by atoms with Crippen molar-refractivity contribution in [1.82, 2.24) is 30.2 Å². The number of hydrogen-bond acceptors (Lipinski definition) is 5. The Bertz CT molecular complexity index is 1740. The van der Waals surface area contributed by atoms with E-state index in [1.54, 1.807) is 18.3 Å². The van der Waals surface area contributed by atoms with Gasteiger partial charge in [0.15, 0.2) is 0 Å². The third-order valence-electron chi connectivity index (χ3n) is 7.66. The van der Waals surface area contributed by atoms with Crippen LogP contribution in [0.25, 0.3) is 10.9 Å². The van der Waals surface area contributed by atoms with Crippen LogP contribution in [-0.2, 0) is 10.3 Å². The molecule has 2 heterocycles. The van der Waals surface area contributed by atoms with Gasteiger partial charge in [-0.2, -0.15) is 5.10 Å². The lowest BCUT2D eigenvalue weighted by Crippen LogP contribution is -2.38. The van der Waals surface area contributed by atoms with Crippen LogP contribution in [0.2, 0.25) is 0 Å². The monoisotopic (exact) mass is 569 g/mol. The van der Waals surface area contributed by atoms with Crippen molar-refractivity contribution >= 4 is 29.2 Å². The number of imidazole rings is 1. The lowest BCUT2D eigenvalue weighted by atomic mass is 9.76. The summed E-state index contributed by atoms with van der Waals surface area (Å²) in [5, 5.41) is 9.17. The third-order valence-corrected chi connectivity index (χ3v) is 7.66. The van der Waals surface area contributed by atoms with Gasteiger partial charge in [-0.3, -0.25) is 25.0 Å². The van der Waals surface area contributed by atoms with Crippen molar-refractivity contribution < 1.29 is 9.59 Å². The number of anilines is 1. The number of nitrogens with one attached hydrogen (secondary N) is 3. The summed E-state index contributed by atoms with van der Waals surface area (Å²) in [6.07, 6.45) is 6.45. The molecule has 0 saturated carbocycles. The predicted octanol–water partition coefficient (Wildman–Crippen LogP) is 5.48. The van der Waals surface area contributed by atoms with E-state index in [0.717, 1.165) is 27.6 Å². The van der Waals surface area contributed by atoms with Gasteiger partial charge >= 0.3 is 0 Å². The fourth-order valence-corrected chi connectivity index (χ4v) is 5.73. The Hall–Kier alpha value is -5.70. The van der Waals surface area contributed by atoms with Gasteiger partial charge in [0.25, 0.3) is 5.91 Å². The van der Waals surface area contributed by atoms with E-state index in [4.69, 9.17) is 4.98 Å². The van der Waals surface area contributed by atoms with E-state index < -0.39 is 11.4 Å². The zero-order chi connectivity index (χ0) is 29.6. The summed E-state index contributed by atoms with van der Waals surface area (Å²) in [4.78, 5) is 27.7. The predicted molar refractivity (Wildman–Crippen MR) is 166 cm³/mol. The molecule has 9 heteroatoms. The van der Waals surface area contributed by atoms with Crippen LogP contribution in [0.1, 0.15) is 46.6 Å². The molecule has 0 radical (unpaired) electrons. The lowest BCUT2D eigenvalue weighted by Gasteiger charge is -2.38. The first kappa shape index (κ1) is 27.5. The maximum absolute atomic E-state index is 12.4. The molecule has 2 amide bonds. The normalized spacial score (nSPS) is 12.0. The molecule has 1 unspecified atom stereocenters. The summed E-state index contributed by atoms with van der Waals surface area (Å²) < 4.78 is 4.11. The Kier molecular flexibility index (Phi) is 7.69. The summed E-state index contributed by atoms with van der Waals surface area (Å²) in [5.74, 6) is 0.274. The van der Waals surface area contributed by atoms with Gasteiger partial charge in [0.05, 0.1) is 11.7 Å². The van der Waals surface area contributed by atoms with Gasteiger partial charge in [0.2, 0.25) is 12.4 Å². The Balaban J connectivity index is 1.45. The van der Waals surface area contributed by atoms with Gasteiger partial charge in [0.1, 0.15) is 11.7 Å². The Morgan fingerprint density at radius 2 is 1.49 bits per heavy atom. The van der Waals surface area contributed by atoms with Crippen LogP contribution >= 0.6 is 0 Å². The van der Waals surface area contributed by atoms with Gasteiger partial charge in [-0.1, -0.05) is 97.9 Å². The van der Waals surface area contributed by atoms with Crippen molar-refractivity contribution in [3.63, 3.8) is 0 Å². The molecule has 0 saturated heterocycles. The number of hydrogen-bond donors (Lipinski definition) is 3. The molecule has 43 heavy (non-hydrogen) atoms. The molecule has 2 aromatic heterocycles. The number of hydrazine groups is 1. The zero-order valence-electron chi connectivity index (χ0n) is 23.6. The summed E-state index contributed by atoms with van der Waals surface area (Å²) in [7, 11) is 0. The molecule has 1 atom stereocenters. The van der Waals surface area contributed by atoms with Gasteiger partial charge in [0, 0.05) is 23.3 Å². The molecular weight excluding hydrogens is 538 g/mol. The van der Waals surface area contributed by atoms with Crippen molar-refractivity contribution in [3.8, 4) is 0 Å². The first-order chi connectivity index (χ1) is 21.2. The van der Waals surface area contributed by atoms with E-state index in [-0.39, 0.29) is 6.17 Å².